The van der Waals surface area contributed by atoms with Crippen LogP contribution in [0.5, 0.6) is 0 Å². The van der Waals surface area contributed by atoms with E-state index in [4.69, 9.17) is 15.0 Å². The molecule has 338 valence electrons. The van der Waals surface area contributed by atoms with Crippen LogP contribution in [0.2, 0.25) is 0 Å². The van der Waals surface area contributed by atoms with Crippen LogP contribution in [0.15, 0.2) is 224 Å². The fourth-order valence-corrected chi connectivity index (χ4v) is 15.0. The average molecular weight is 910 g/mol. The van der Waals surface area contributed by atoms with Crippen LogP contribution >= 0.6 is 0 Å². The second-order valence-electron chi connectivity index (χ2n) is 21.1. The van der Waals surface area contributed by atoms with Gasteiger partial charge in [0.25, 0.3) is 0 Å². The Morgan fingerprint density at radius 2 is 0.634 bits per heavy atom. The largest absolute Gasteiger partial charge is 0.208 e. The topological polar surface area (TPSA) is 38.7 Å². The molecule has 4 saturated carbocycles. The molecule has 0 N–H and O–H groups in total. The molecule has 6 aliphatic rings. The SMILES string of the molecule is c1ccc(-c2cc(-c3ccccc3)cc(-c3ccc(-c4nc(-c5ccccc5)nc(-c5ccc6c(c5)C5(c7ccccc7C67c6ccccc6-c6ccccc67)C6CC7CC(C6)CC5C7)n4)cc3)c2)cc1. The molecule has 1 aromatic heterocycles. The molecular weight excluding hydrogens is 859 g/mol. The molecular formula is C68H51N3. The fraction of sp³-hybridized carbons (Fsp3) is 0.162. The maximum atomic E-state index is 5.47. The third-order valence-corrected chi connectivity index (χ3v) is 17.6. The Hall–Kier alpha value is -8.01. The van der Waals surface area contributed by atoms with Gasteiger partial charge in [-0.3, -0.25) is 0 Å². The Balaban J connectivity index is 0.915. The van der Waals surface area contributed by atoms with Gasteiger partial charge < -0.3 is 0 Å². The first kappa shape index (κ1) is 40.8. The lowest BCUT2D eigenvalue weighted by Crippen LogP contribution is -2.59. The van der Waals surface area contributed by atoms with Gasteiger partial charge in [0.05, 0.1) is 5.41 Å². The predicted octanol–water partition coefficient (Wildman–Crippen LogP) is 16.3. The van der Waals surface area contributed by atoms with Crippen molar-refractivity contribution in [1.29, 1.82) is 0 Å². The van der Waals surface area contributed by atoms with E-state index in [2.05, 4.69) is 224 Å². The smallest absolute Gasteiger partial charge is 0.164 e. The standard InChI is InChI=1S/C68H51N3/c1-4-16-45(17-5-1)51-39-52(46-18-6-2-7-19-46)41-53(40-51)47-28-30-49(31-29-47)65-69-64(48-20-8-3-9-21-48)70-66(71-65)50-32-33-62-63(42-50)67(54-35-43-34-44(37-54)38-55(67)36-43)60-26-14-15-27-61(60)68(62)58-24-12-10-22-56(58)57-23-11-13-25-59(57)68/h1-33,39-44,54-55H,34-38H2. The van der Waals surface area contributed by atoms with Crippen LogP contribution in [0.25, 0.3) is 78.7 Å². The van der Waals surface area contributed by atoms with Gasteiger partial charge in [-0.2, -0.15) is 0 Å². The van der Waals surface area contributed by atoms with Gasteiger partial charge in [0, 0.05) is 22.1 Å². The zero-order valence-corrected chi connectivity index (χ0v) is 39.5. The quantitative estimate of drug-likeness (QED) is 0.167. The molecule has 3 heteroatoms. The maximum absolute atomic E-state index is 5.47. The highest BCUT2D eigenvalue weighted by Crippen LogP contribution is 2.71. The first-order chi connectivity index (χ1) is 35.1. The van der Waals surface area contributed by atoms with Gasteiger partial charge in [0.2, 0.25) is 0 Å². The van der Waals surface area contributed by atoms with E-state index in [1.54, 1.807) is 5.56 Å². The van der Waals surface area contributed by atoms with Crippen molar-refractivity contribution >= 4 is 0 Å². The third kappa shape index (κ3) is 6.05. The van der Waals surface area contributed by atoms with Gasteiger partial charge >= 0.3 is 0 Å². The van der Waals surface area contributed by atoms with Gasteiger partial charge in [-0.25, -0.2) is 15.0 Å². The average Bonchev–Trinajstić information content (AvgIpc) is 3.74. The molecule has 2 spiro atoms. The van der Waals surface area contributed by atoms with Crippen LogP contribution in [0, 0.1) is 23.7 Å². The lowest BCUT2D eigenvalue weighted by Gasteiger charge is -2.65. The van der Waals surface area contributed by atoms with Gasteiger partial charge in [-0.05, 0) is 158 Å². The van der Waals surface area contributed by atoms with E-state index in [0.29, 0.717) is 29.3 Å². The number of hydrogen-bond acceptors (Lipinski definition) is 3. The summed E-state index contributed by atoms with van der Waals surface area (Å²) in [6, 6.07) is 83.1. The highest BCUT2D eigenvalue weighted by molar-refractivity contribution is 5.89. The highest BCUT2D eigenvalue weighted by atomic mass is 15.0. The molecule has 0 unspecified atom stereocenters. The summed E-state index contributed by atoms with van der Waals surface area (Å²) in [5, 5.41) is 0. The Labute approximate surface area is 416 Å². The summed E-state index contributed by atoms with van der Waals surface area (Å²) >= 11 is 0. The monoisotopic (exact) mass is 909 g/mol. The second-order valence-corrected chi connectivity index (χ2v) is 21.1. The Bertz CT molecular complexity index is 3580. The van der Waals surface area contributed by atoms with E-state index < -0.39 is 5.41 Å². The highest BCUT2D eigenvalue weighted by Gasteiger charge is 2.64. The second kappa shape index (κ2) is 15.8. The van der Waals surface area contributed by atoms with Crippen molar-refractivity contribution < 1.29 is 0 Å². The van der Waals surface area contributed by atoms with Crippen molar-refractivity contribution in [3.8, 4) is 78.7 Å². The van der Waals surface area contributed by atoms with Gasteiger partial charge in [-0.1, -0.05) is 200 Å². The molecule has 1 heterocycles. The Morgan fingerprint density at radius 1 is 0.268 bits per heavy atom. The maximum Gasteiger partial charge on any atom is 0.164 e. The van der Waals surface area contributed by atoms with E-state index in [-0.39, 0.29) is 5.41 Å². The summed E-state index contributed by atoms with van der Waals surface area (Å²) < 4.78 is 0. The van der Waals surface area contributed by atoms with Crippen molar-refractivity contribution in [1.82, 2.24) is 15.0 Å². The minimum atomic E-state index is -0.443. The van der Waals surface area contributed by atoms with Gasteiger partial charge in [0.15, 0.2) is 17.5 Å². The zero-order valence-electron chi connectivity index (χ0n) is 39.5. The van der Waals surface area contributed by atoms with Crippen molar-refractivity contribution in [3.63, 3.8) is 0 Å². The molecule has 4 bridgehead atoms. The van der Waals surface area contributed by atoms with Gasteiger partial charge in [0.1, 0.15) is 0 Å². The van der Waals surface area contributed by atoms with E-state index >= 15 is 0 Å². The molecule has 0 saturated heterocycles. The molecule has 71 heavy (non-hydrogen) atoms. The van der Waals surface area contributed by atoms with Crippen molar-refractivity contribution in [2.45, 2.75) is 42.9 Å². The van der Waals surface area contributed by atoms with Crippen LogP contribution in [0.1, 0.15) is 65.5 Å². The van der Waals surface area contributed by atoms with Crippen LogP contribution in [0.4, 0.5) is 0 Å². The van der Waals surface area contributed by atoms with Crippen molar-refractivity contribution in [3.05, 3.63) is 258 Å². The first-order valence-corrected chi connectivity index (χ1v) is 25.8. The third-order valence-electron chi connectivity index (χ3n) is 17.6. The molecule has 3 nitrogen and oxygen atoms in total. The van der Waals surface area contributed by atoms with Crippen molar-refractivity contribution in [2.75, 3.05) is 0 Å². The summed E-state index contributed by atoms with van der Waals surface area (Å²) in [7, 11) is 0. The number of benzene rings is 9. The minimum absolute atomic E-state index is 0.0980. The minimum Gasteiger partial charge on any atom is -0.208 e. The molecule has 0 aliphatic heterocycles. The summed E-state index contributed by atoms with van der Waals surface area (Å²) in [6.07, 6.45) is 6.63. The summed E-state index contributed by atoms with van der Waals surface area (Å²) in [5.41, 5.74) is 20.9. The number of nitrogens with zero attached hydrogens (tertiary/aromatic N) is 3. The summed E-state index contributed by atoms with van der Waals surface area (Å²) in [6.45, 7) is 0. The Morgan fingerprint density at radius 3 is 1.15 bits per heavy atom. The molecule has 4 fully saturated rings. The van der Waals surface area contributed by atoms with Crippen LogP contribution in [-0.4, -0.2) is 15.0 Å². The summed E-state index contributed by atoms with van der Waals surface area (Å²) in [5.74, 6) is 4.89. The molecule has 0 atom stereocenters. The van der Waals surface area contributed by atoms with E-state index in [1.165, 1.54) is 93.3 Å². The van der Waals surface area contributed by atoms with Crippen LogP contribution < -0.4 is 0 Å². The number of hydrogen-bond donors (Lipinski definition) is 0. The lowest BCUT2D eigenvalue weighted by molar-refractivity contribution is -0.0440. The Kier molecular flexibility index (Phi) is 9.06. The van der Waals surface area contributed by atoms with E-state index in [1.807, 2.05) is 0 Å². The van der Waals surface area contributed by atoms with E-state index in [9.17, 15) is 0 Å². The number of rotatable bonds is 6. The lowest BCUT2D eigenvalue weighted by atomic mass is 9.38. The van der Waals surface area contributed by atoms with Crippen LogP contribution in [-0.2, 0) is 10.8 Å². The fourth-order valence-electron chi connectivity index (χ4n) is 15.0. The number of fused-ring (bicyclic) bond motifs is 9. The normalized spacial score (nSPS) is 21.4. The summed E-state index contributed by atoms with van der Waals surface area (Å²) in [4.78, 5) is 16.1. The molecule has 0 amide bonds. The molecule has 9 aromatic carbocycles. The molecule has 6 aliphatic carbocycles. The van der Waals surface area contributed by atoms with Crippen molar-refractivity contribution in [2.24, 2.45) is 23.7 Å². The number of aromatic nitrogens is 3. The molecule has 0 radical (unpaired) electrons. The first-order valence-electron chi connectivity index (χ1n) is 25.8. The molecule has 10 aromatic rings. The van der Waals surface area contributed by atoms with E-state index in [0.717, 1.165) is 39.7 Å². The predicted molar refractivity (Wildman–Crippen MR) is 288 cm³/mol. The zero-order chi connectivity index (χ0) is 46.7. The molecule has 16 rings (SSSR count). The van der Waals surface area contributed by atoms with Crippen LogP contribution in [0.3, 0.4) is 0 Å². The van der Waals surface area contributed by atoms with Gasteiger partial charge in [-0.15, -0.1) is 0 Å².